The molecule has 1 fully saturated rings. The van der Waals surface area contributed by atoms with Crippen LogP contribution in [0.15, 0.2) is 55.1 Å². The zero-order valence-corrected chi connectivity index (χ0v) is 21.4. The first kappa shape index (κ1) is 25.9. The van der Waals surface area contributed by atoms with Crippen molar-refractivity contribution in [2.75, 3.05) is 33.2 Å². The Balaban J connectivity index is 1.35. The molecule has 0 saturated carbocycles. The predicted octanol–water partition coefficient (Wildman–Crippen LogP) is 2.20. The van der Waals surface area contributed by atoms with E-state index >= 15 is 0 Å². The first-order valence-corrected chi connectivity index (χ1v) is 12.2. The predicted molar refractivity (Wildman–Crippen MR) is 139 cm³/mol. The van der Waals surface area contributed by atoms with Gasteiger partial charge < -0.3 is 34.9 Å². The molecule has 5 rings (SSSR count). The first-order valence-electron chi connectivity index (χ1n) is 12.2. The van der Waals surface area contributed by atoms with Crippen LogP contribution in [-0.2, 0) is 9.47 Å². The summed E-state index contributed by atoms with van der Waals surface area (Å²) in [6, 6.07) is 13.8. The van der Waals surface area contributed by atoms with Gasteiger partial charge in [0.25, 0.3) is 0 Å². The van der Waals surface area contributed by atoms with Gasteiger partial charge in [0, 0.05) is 12.0 Å². The van der Waals surface area contributed by atoms with Crippen molar-refractivity contribution in [1.29, 1.82) is 0 Å². The number of hydrogen-bond donors (Lipinski definition) is 3. The van der Waals surface area contributed by atoms with Gasteiger partial charge in [0.2, 0.25) is 0 Å². The average Bonchev–Trinajstić information content (AvgIpc) is 3.48. The Bertz CT molecular complexity index is 1390. The van der Waals surface area contributed by atoms with Crippen LogP contribution in [-0.4, -0.2) is 75.5 Å². The van der Waals surface area contributed by atoms with Crippen molar-refractivity contribution >= 4 is 17.0 Å². The molecule has 1 aliphatic heterocycles. The number of rotatable bonds is 9. The molecule has 38 heavy (non-hydrogen) atoms. The third-order valence-corrected chi connectivity index (χ3v) is 6.91. The summed E-state index contributed by atoms with van der Waals surface area (Å²) < 4.78 is 24.7. The monoisotopic (exact) mass is 521 g/mol. The molecule has 0 bridgehead atoms. The lowest BCUT2D eigenvalue weighted by molar-refractivity contribution is -0.0661. The summed E-state index contributed by atoms with van der Waals surface area (Å²) in [5.74, 6) is 1.43. The first-order chi connectivity index (χ1) is 18.4. The minimum absolute atomic E-state index is 0.0575. The van der Waals surface area contributed by atoms with Gasteiger partial charge in [0.05, 0.1) is 33.8 Å². The molecule has 0 amide bonds. The maximum atomic E-state index is 10.8. The molecule has 0 spiro atoms. The van der Waals surface area contributed by atoms with Gasteiger partial charge in [-0.15, -0.1) is 0 Å². The molecule has 11 nitrogen and oxygen atoms in total. The maximum absolute atomic E-state index is 10.8. The highest BCUT2D eigenvalue weighted by atomic mass is 16.6. The van der Waals surface area contributed by atoms with Gasteiger partial charge in [0.1, 0.15) is 41.7 Å². The molecule has 11 heteroatoms. The average molecular weight is 522 g/mol. The van der Waals surface area contributed by atoms with Gasteiger partial charge in [-0.2, -0.15) is 0 Å². The summed E-state index contributed by atoms with van der Waals surface area (Å²) in [5, 5.41) is 21.5. The van der Waals surface area contributed by atoms with E-state index in [1.54, 1.807) is 18.8 Å². The van der Waals surface area contributed by atoms with Crippen molar-refractivity contribution < 1.29 is 29.2 Å². The van der Waals surface area contributed by atoms with Gasteiger partial charge in [0.15, 0.2) is 17.7 Å². The number of ether oxygens (including phenoxy) is 4. The summed E-state index contributed by atoms with van der Waals surface area (Å²) in [5.41, 5.74) is 9.85. The van der Waals surface area contributed by atoms with Crippen molar-refractivity contribution in [3.63, 3.8) is 0 Å². The van der Waals surface area contributed by atoms with Crippen LogP contribution in [0.25, 0.3) is 11.2 Å². The van der Waals surface area contributed by atoms with E-state index in [0.717, 1.165) is 16.7 Å². The van der Waals surface area contributed by atoms with E-state index in [1.807, 2.05) is 30.3 Å². The second-order valence-electron chi connectivity index (χ2n) is 9.22. The Morgan fingerprint density at radius 1 is 1.03 bits per heavy atom. The molecular weight excluding hydrogens is 490 g/mol. The second kappa shape index (κ2) is 10.9. The van der Waals surface area contributed by atoms with Crippen molar-refractivity contribution in [3.8, 4) is 11.5 Å². The zero-order valence-electron chi connectivity index (χ0n) is 21.4. The van der Waals surface area contributed by atoms with Crippen LogP contribution in [0.1, 0.15) is 28.8 Å². The summed E-state index contributed by atoms with van der Waals surface area (Å²) in [7, 11) is 3.23. The largest absolute Gasteiger partial charge is 0.497 e. The van der Waals surface area contributed by atoms with Crippen LogP contribution >= 0.6 is 0 Å². The summed E-state index contributed by atoms with van der Waals surface area (Å²) in [4.78, 5) is 12.4. The minimum Gasteiger partial charge on any atom is -0.497 e. The molecule has 0 aliphatic carbocycles. The number of aliphatic hydroxyl groups excluding tert-OH is 2. The number of nitrogens with two attached hydrogens (primary N) is 1. The van der Waals surface area contributed by atoms with Gasteiger partial charge in [-0.1, -0.05) is 24.3 Å². The van der Waals surface area contributed by atoms with E-state index in [9.17, 15) is 10.2 Å². The third-order valence-electron chi connectivity index (χ3n) is 6.91. The fourth-order valence-corrected chi connectivity index (χ4v) is 4.83. The molecule has 0 radical (unpaired) electrons. The number of nitrogen functional groups attached to an aromatic ring is 1. The van der Waals surface area contributed by atoms with E-state index in [-0.39, 0.29) is 18.3 Å². The molecule has 4 aromatic rings. The number of nitrogens with zero attached hydrogens (tertiary/aromatic N) is 4. The normalized spacial score (nSPS) is 22.0. The van der Waals surface area contributed by atoms with E-state index in [1.165, 1.54) is 12.7 Å². The van der Waals surface area contributed by atoms with Crippen molar-refractivity contribution in [1.82, 2.24) is 19.5 Å². The highest BCUT2D eigenvalue weighted by Crippen LogP contribution is 2.35. The smallest absolute Gasteiger partial charge is 0.167 e. The molecule has 1 aliphatic rings. The molecule has 1 saturated heterocycles. The number of hydrogen-bond acceptors (Lipinski definition) is 10. The summed E-state index contributed by atoms with van der Waals surface area (Å²) in [6.45, 7) is 2.41. The molecule has 2 aromatic heterocycles. The molecule has 4 N–H and O–H groups in total. The van der Waals surface area contributed by atoms with Crippen LogP contribution in [0, 0.1) is 6.92 Å². The standard InChI is InChI=1S/C27H31N5O6/c1-15-6-4-5-7-19(15)20(16-8-17(35-2)10-18(9-16)36-3)11-37-12-21-23(33)24(34)27(38-21)32-14-31-22-25(28)29-13-30-26(22)32/h4-10,13-14,20-21,23-24,27,33-34H,11-12H2,1-3H3,(H2,28,29,30)/t20?,21-,23-,24-,27-/m1/s1. The topological polar surface area (TPSA) is 147 Å². The molecule has 5 atom stereocenters. The number of fused-ring (bicyclic) bond motifs is 1. The number of benzene rings is 2. The number of methoxy groups -OCH3 is 2. The fraction of sp³-hybridized carbons (Fsp3) is 0.370. The van der Waals surface area contributed by atoms with E-state index in [2.05, 4.69) is 34.0 Å². The number of imidazole rings is 1. The molecule has 3 heterocycles. The lowest BCUT2D eigenvalue weighted by atomic mass is 9.89. The highest BCUT2D eigenvalue weighted by Gasteiger charge is 2.44. The van der Waals surface area contributed by atoms with Crippen LogP contribution in [0.5, 0.6) is 11.5 Å². The van der Waals surface area contributed by atoms with Crippen LogP contribution < -0.4 is 15.2 Å². The Kier molecular flexibility index (Phi) is 7.43. The number of anilines is 1. The number of aryl methyl sites for hydroxylation is 1. The van der Waals surface area contributed by atoms with E-state index in [0.29, 0.717) is 29.3 Å². The van der Waals surface area contributed by atoms with Gasteiger partial charge in [-0.3, -0.25) is 4.57 Å². The Morgan fingerprint density at radius 2 is 1.76 bits per heavy atom. The fourth-order valence-electron chi connectivity index (χ4n) is 4.83. The number of aliphatic hydroxyl groups is 2. The van der Waals surface area contributed by atoms with Gasteiger partial charge in [-0.25, -0.2) is 15.0 Å². The van der Waals surface area contributed by atoms with Gasteiger partial charge >= 0.3 is 0 Å². The summed E-state index contributed by atoms with van der Waals surface area (Å²) in [6.07, 6.45) is -1.30. The zero-order chi connectivity index (χ0) is 26.8. The van der Waals surface area contributed by atoms with Gasteiger partial charge in [-0.05, 0) is 35.7 Å². The molecule has 200 valence electrons. The lowest BCUT2D eigenvalue weighted by Crippen LogP contribution is -2.34. The minimum atomic E-state index is -1.22. The SMILES string of the molecule is COc1cc(OC)cc(C(COC[C@H]2O[C@@H](n3cnc4c(N)ncnc43)[C@H](O)[C@@H]2O)c2ccccc2C)c1. The Labute approximate surface area is 219 Å². The highest BCUT2D eigenvalue weighted by molar-refractivity contribution is 5.81. The van der Waals surface area contributed by atoms with Crippen molar-refractivity contribution in [2.24, 2.45) is 0 Å². The van der Waals surface area contributed by atoms with Crippen LogP contribution in [0.3, 0.4) is 0 Å². The van der Waals surface area contributed by atoms with Crippen LogP contribution in [0.4, 0.5) is 5.82 Å². The third kappa shape index (κ3) is 4.88. The maximum Gasteiger partial charge on any atom is 0.167 e. The molecule has 1 unspecified atom stereocenters. The molecule has 2 aromatic carbocycles. The lowest BCUT2D eigenvalue weighted by Gasteiger charge is -2.23. The number of aromatic nitrogens is 4. The van der Waals surface area contributed by atoms with E-state index < -0.39 is 24.5 Å². The Hall–Kier alpha value is -3.77. The quantitative estimate of drug-likeness (QED) is 0.299. The van der Waals surface area contributed by atoms with Crippen LogP contribution in [0.2, 0.25) is 0 Å². The van der Waals surface area contributed by atoms with E-state index in [4.69, 9.17) is 24.7 Å². The summed E-state index contributed by atoms with van der Waals surface area (Å²) >= 11 is 0. The van der Waals surface area contributed by atoms with Crippen molar-refractivity contribution in [2.45, 2.75) is 37.4 Å². The Morgan fingerprint density at radius 3 is 2.47 bits per heavy atom. The second-order valence-corrected chi connectivity index (χ2v) is 9.22. The molecular formula is C27H31N5O6. The van der Waals surface area contributed by atoms with Crippen molar-refractivity contribution in [3.05, 3.63) is 71.8 Å².